The van der Waals surface area contributed by atoms with Crippen LogP contribution in [-0.4, -0.2) is 21.9 Å². The smallest absolute Gasteiger partial charge is 0.0307 e. The van der Waals surface area contributed by atoms with Crippen molar-refractivity contribution < 1.29 is 4.21 Å². The van der Waals surface area contributed by atoms with Crippen molar-refractivity contribution in [1.82, 2.24) is 4.72 Å². The Balaban J connectivity index is 1.87. The third kappa shape index (κ3) is 1.84. The lowest BCUT2D eigenvalue weighted by Crippen LogP contribution is -2.59. The highest BCUT2D eigenvalue weighted by molar-refractivity contribution is 7.97. The molecule has 1 unspecified atom stereocenters. The molecule has 2 nitrogen and oxygen atoms in total. The van der Waals surface area contributed by atoms with Crippen molar-refractivity contribution in [2.75, 3.05) is 6.26 Å². The number of rotatable bonds is 2. The Morgan fingerprint density at radius 1 is 1.13 bits per heavy atom. The van der Waals surface area contributed by atoms with Crippen LogP contribution < -0.4 is 4.72 Å². The van der Waals surface area contributed by atoms with Crippen LogP contribution in [0.25, 0.3) is 0 Å². The van der Waals surface area contributed by atoms with Crippen LogP contribution >= 0.6 is 0 Å². The van der Waals surface area contributed by atoms with Crippen molar-refractivity contribution in [3.63, 3.8) is 0 Å². The van der Waals surface area contributed by atoms with Crippen LogP contribution in [0.5, 0.6) is 0 Å². The maximum absolute atomic E-state index is 11.8. The normalized spacial score (nSPS) is 51.7. The third-order valence-corrected chi connectivity index (χ3v) is 5.34. The standard InChI is InChI=1S/C12H21NOS/c1-15(2,14)13-12-6-9-3-10(7-12)5-11(4-9)8-12/h9-11H,1,3-8H2,2H3,(H,13,14). The Bertz CT molecular complexity index is 336. The average Bonchev–Trinajstić information content (AvgIpc) is 1.94. The van der Waals surface area contributed by atoms with Crippen LogP contribution in [0, 0.1) is 17.8 Å². The van der Waals surface area contributed by atoms with Crippen LogP contribution in [0.4, 0.5) is 0 Å². The Labute approximate surface area is 93.0 Å². The minimum absolute atomic E-state index is 0.197. The number of nitrogens with one attached hydrogen (secondary N) is 1. The minimum atomic E-state index is -2.04. The van der Waals surface area contributed by atoms with Gasteiger partial charge in [0.2, 0.25) is 0 Å². The van der Waals surface area contributed by atoms with E-state index in [1.165, 1.54) is 38.5 Å². The molecule has 3 heteroatoms. The summed E-state index contributed by atoms with van der Waals surface area (Å²) in [6, 6.07) is 0. The zero-order valence-corrected chi connectivity index (χ0v) is 10.3. The summed E-state index contributed by atoms with van der Waals surface area (Å²) in [7, 11) is -2.04. The Kier molecular flexibility index (Phi) is 2.04. The van der Waals surface area contributed by atoms with Gasteiger partial charge in [0.05, 0.1) is 0 Å². The van der Waals surface area contributed by atoms with Gasteiger partial charge < -0.3 is 0 Å². The molecular formula is C12H21NOS. The summed E-state index contributed by atoms with van der Waals surface area (Å²) in [5.74, 6) is 6.49. The zero-order chi connectivity index (χ0) is 10.7. The fourth-order valence-corrected chi connectivity index (χ4v) is 5.86. The summed E-state index contributed by atoms with van der Waals surface area (Å²) in [5, 5.41) is 0. The molecule has 1 atom stereocenters. The van der Waals surface area contributed by atoms with Crippen LogP contribution in [0.3, 0.4) is 0 Å². The number of hydrogen-bond donors (Lipinski definition) is 1. The van der Waals surface area contributed by atoms with Crippen molar-refractivity contribution in [2.24, 2.45) is 17.8 Å². The van der Waals surface area contributed by atoms with Gasteiger partial charge in [-0.2, -0.15) is 0 Å². The summed E-state index contributed by atoms with van der Waals surface area (Å²) in [5.41, 5.74) is 0.197. The van der Waals surface area contributed by atoms with Gasteiger partial charge in [0.1, 0.15) is 0 Å². The predicted molar refractivity (Wildman–Crippen MR) is 65.2 cm³/mol. The molecular weight excluding hydrogens is 206 g/mol. The fraction of sp³-hybridized carbons (Fsp3) is 0.917. The molecule has 0 saturated heterocycles. The van der Waals surface area contributed by atoms with Crippen LogP contribution in [0.15, 0.2) is 0 Å². The second kappa shape index (κ2) is 3.01. The molecule has 4 aliphatic carbocycles. The van der Waals surface area contributed by atoms with Gasteiger partial charge in [0, 0.05) is 21.5 Å². The fourth-order valence-electron chi connectivity index (χ4n) is 4.69. The molecule has 4 fully saturated rings. The number of hydrogen-bond acceptors (Lipinski definition) is 1. The molecule has 4 rings (SSSR count). The van der Waals surface area contributed by atoms with Crippen molar-refractivity contribution in [3.8, 4) is 0 Å². The van der Waals surface area contributed by atoms with Crippen LogP contribution in [0.2, 0.25) is 0 Å². The van der Waals surface area contributed by atoms with E-state index < -0.39 is 9.71 Å². The monoisotopic (exact) mass is 227 g/mol. The topological polar surface area (TPSA) is 29.1 Å². The molecule has 4 saturated carbocycles. The van der Waals surface area contributed by atoms with Gasteiger partial charge in [0.25, 0.3) is 0 Å². The van der Waals surface area contributed by atoms with E-state index in [0.717, 1.165) is 17.8 Å². The summed E-state index contributed by atoms with van der Waals surface area (Å²) >= 11 is 0. The van der Waals surface area contributed by atoms with E-state index >= 15 is 0 Å². The first-order chi connectivity index (χ1) is 6.94. The molecule has 0 aromatic heterocycles. The molecule has 0 aromatic carbocycles. The second-order valence-corrected chi connectivity index (χ2v) is 8.52. The van der Waals surface area contributed by atoms with Gasteiger partial charge in [-0.15, -0.1) is 0 Å². The maximum Gasteiger partial charge on any atom is 0.0307 e. The molecule has 0 aliphatic heterocycles. The highest BCUT2D eigenvalue weighted by Crippen LogP contribution is 2.55. The molecule has 15 heavy (non-hydrogen) atoms. The molecule has 0 aromatic rings. The van der Waals surface area contributed by atoms with Crippen molar-refractivity contribution in [3.05, 3.63) is 0 Å². The Morgan fingerprint density at radius 3 is 1.87 bits per heavy atom. The molecule has 86 valence electrons. The van der Waals surface area contributed by atoms with E-state index in [1.807, 2.05) is 0 Å². The first kappa shape index (κ1) is 10.2. The first-order valence-electron chi connectivity index (χ1n) is 6.05. The van der Waals surface area contributed by atoms with Crippen molar-refractivity contribution in [1.29, 1.82) is 0 Å². The van der Waals surface area contributed by atoms with E-state index in [4.69, 9.17) is 0 Å². The summed E-state index contributed by atoms with van der Waals surface area (Å²) in [4.78, 5) is 0. The highest BCUT2D eigenvalue weighted by Gasteiger charge is 2.51. The second-order valence-electron chi connectivity index (χ2n) is 6.30. The summed E-state index contributed by atoms with van der Waals surface area (Å²) < 4.78 is 15.2. The zero-order valence-electron chi connectivity index (χ0n) is 9.50. The van der Waals surface area contributed by atoms with Crippen molar-refractivity contribution in [2.45, 2.75) is 44.1 Å². The largest absolute Gasteiger partial charge is 0.253 e. The van der Waals surface area contributed by atoms with E-state index in [-0.39, 0.29) is 5.54 Å². The lowest BCUT2D eigenvalue weighted by atomic mass is 9.53. The molecule has 1 N–H and O–H groups in total. The predicted octanol–water partition coefficient (Wildman–Crippen LogP) is 1.81. The Morgan fingerprint density at radius 2 is 1.53 bits per heavy atom. The van der Waals surface area contributed by atoms with Gasteiger partial charge >= 0.3 is 0 Å². The van der Waals surface area contributed by atoms with Crippen LogP contribution in [-0.2, 0) is 9.71 Å². The summed E-state index contributed by atoms with van der Waals surface area (Å²) in [6.07, 6.45) is 9.79. The molecule has 4 bridgehead atoms. The molecule has 0 radical (unpaired) electrons. The molecule has 0 heterocycles. The lowest BCUT2D eigenvalue weighted by Gasteiger charge is -2.57. The van der Waals surface area contributed by atoms with E-state index in [1.54, 1.807) is 6.26 Å². The van der Waals surface area contributed by atoms with Gasteiger partial charge in [-0.1, -0.05) is 0 Å². The van der Waals surface area contributed by atoms with Crippen molar-refractivity contribution >= 4 is 15.6 Å². The van der Waals surface area contributed by atoms with Gasteiger partial charge in [-0.05, 0) is 62.1 Å². The van der Waals surface area contributed by atoms with Gasteiger partial charge in [0.15, 0.2) is 0 Å². The van der Waals surface area contributed by atoms with E-state index in [9.17, 15) is 4.21 Å². The lowest BCUT2D eigenvalue weighted by molar-refractivity contribution is -0.00749. The summed E-state index contributed by atoms with van der Waals surface area (Å²) in [6.45, 7) is 0. The van der Waals surface area contributed by atoms with E-state index in [2.05, 4.69) is 10.6 Å². The quantitative estimate of drug-likeness (QED) is 0.716. The molecule has 4 aliphatic rings. The Hall–Kier alpha value is -0.0200. The first-order valence-corrected chi connectivity index (χ1v) is 8.19. The maximum atomic E-state index is 11.8. The van der Waals surface area contributed by atoms with Gasteiger partial charge in [-0.25, -0.2) is 4.72 Å². The average molecular weight is 227 g/mol. The SMILES string of the molecule is C=S(C)(=O)NC12CC3CC(CC(C3)C1)C2. The third-order valence-electron chi connectivity index (χ3n) is 4.47. The van der Waals surface area contributed by atoms with E-state index in [0.29, 0.717) is 0 Å². The van der Waals surface area contributed by atoms with Gasteiger partial charge in [-0.3, -0.25) is 4.21 Å². The molecule has 0 amide bonds. The minimum Gasteiger partial charge on any atom is -0.253 e. The highest BCUT2D eigenvalue weighted by atomic mass is 32.2. The molecule has 0 spiro atoms. The van der Waals surface area contributed by atoms with Crippen LogP contribution in [0.1, 0.15) is 38.5 Å².